The van der Waals surface area contributed by atoms with Gasteiger partial charge in [0.05, 0.1) is 12.2 Å². The summed E-state index contributed by atoms with van der Waals surface area (Å²) >= 11 is 1.23. The summed E-state index contributed by atoms with van der Waals surface area (Å²) in [5, 5.41) is 9.13. The molecule has 0 spiro atoms. The molecule has 164 valence electrons. The molecule has 0 saturated heterocycles. The minimum atomic E-state index is -4.36. The number of aryl methyl sites for hydroxylation is 2. The highest BCUT2D eigenvalue weighted by Crippen LogP contribution is 2.36. The molecule has 0 unspecified atom stereocenters. The van der Waals surface area contributed by atoms with Gasteiger partial charge in [0, 0.05) is 10.3 Å². The number of rotatable bonds is 6. The largest absolute Gasteiger partial charge is 0.493 e. The molecule has 0 aliphatic heterocycles. The van der Waals surface area contributed by atoms with Gasteiger partial charge in [-0.3, -0.25) is 0 Å². The Morgan fingerprint density at radius 2 is 1.58 bits per heavy atom. The fraction of sp³-hybridized carbons (Fsp3) is 0.292. The Labute approximate surface area is 183 Å². The van der Waals surface area contributed by atoms with Gasteiger partial charge < -0.3 is 9.84 Å². The van der Waals surface area contributed by atoms with Gasteiger partial charge in [0.25, 0.3) is 0 Å². The second kappa shape index (κ2) is 8.38. The van der Waals surface area contributed by atoms with Crippen molar-refractivity contribution in [3.63, 3.8) is 0 Å². The third kappa shape index (κ3) is 5.10. The van der Waals surface area contributed by atoms with Crippen molar-refractivity contribution in [2.45, 2.75) is 39.3 Å². The van der Waals surface area contributed by atoms with E-state index in [1.807, 2.05) is 45.9 Å². The zero-order chi connectivity index (χ0) is 23.0. The van der Waals surface area contributed by atoms with Crippen molar-refractivity contribution in [3.05, 3.63) is 75.0 Å². The number of hydrogen-bond acceptors (Lipinski definition) is 3. The van der Waals surface area contributed by atoms with Crippen molar-refractivity contribution in [1.29, 1.82) is 0 Å². The van der Waals surface area contributed by atoms with Crippen LogP contribution in [0.1, 0.15) is 45.1 Å². The number of ether oxygens (including phenoxy) is 1. The lowest BCUT2D eigenvalue weighted by molar-refractivity contribution is -0.137. The molecule has 0 amide bonds. The summed E-state index contributed by atoms with van der Waals surface area (Å²) in [4.78, 5) is 12.3. The normalized spacial score (nSPS) is 12.1. The second-order valence-electron chi connectivity index (χ2n) is 8.15. The standard InChI is InChI=1S/C24H23F3O3S/c1-14-11-18(30-13-23(3,4)20-10-9-19(31-20)22(28)29)12-15(2)21(14)16-5-7-17(8-6-16)24(25,26)27/h5-12H,13H2,1-4H3,(H,28,29). The molecule has 0 aliphatic carbocycles. The van der Waals surface area contributed by atoms with Crippen LogP contribution in [0.25, 0.3) is 11.1 Å². The van der Waals surface area contributed by atoms with Crippen molar-refractivity contribution in [3.8, 4) is 16.9 Å². The first-order valence-electron chi connectivity index (χ1n) is 9.64. The lowest BCUT2D eigenvalue weighted by Gasteiger charge is -2.24. The van der Waals surface area contributed by atoms with E-state index in [9.17, 15) is 18.0 Å². The number of halogens is 3. The molecule has 2 aromatic carbocycles. The first kappa shape index (κ1) is 22.9. The highest BCUT2D eigenvalue weighted by atomic mass is 32.1. The fourth-order valence-electron chi connectivity index (χ4n) is 3.44. The van der Waals surface area contributed by atoms with E-state index in [0.717, 1.165) is 39.3 Å². The number of carboxylic acid groups (broad SMARTS) is 1. The van der Waals surface area contributed by atoms with Crippen LogP contribution in [0, 0.1) is 13.8 Å². The second-order valence-corrected chi connectivity index (χ2v) is 9.23. The molecule has 0 saturated carbocycles. The highest BCUT2D eigenvalue weighted by Gasteiger charge is 2.30. The molecule has 0 bridgehead atoms. The molecule has 3 rings (SSSR count). The van der Waals surface area contributed by atoms with E-state index in [1.54, 1.807) is 6.07 Å². The number of alkyl halides is 3. The SMILES string of the molecule is Cc1cc(OCC(C)(C)c2ccc(C(=O)O)s2)cc(C)c1-c1ccc(C(F)(F)F)cc1. The summed E-state index contributed by atoms with van der Waals surface area (Å²) in [5.41, 5.74) is 2.34. The van der Waals surface area contributed by atoms with E-state index in [2.05, 4.69) is 0 Å². The Hall–Kier alpha value is -2.80. The molecule has 0 radical (unpaired) electrons. The molecular formula is C24H23F3O3S. The summed E-state index contributed by atoms with van der Waals surface area (Å²) in [6.45, 7) is 8.12. The molecule has 1 heterocycles. The zero-order valence-corrected chi connectivity index (χ0v) is 18.4. The lowest BCUT2D eigenvalue weighted by Crippen LogP contribution is -2.25. The van der Waals surface area contributed by atoms with Crippen LogP contribution in [0.4, 0.5) is 13.2 Å². The van der Waals surface area contributed by atoms with Gasteiger partial charge >= 0.3 is 12.1 Å². The summed E-state index contributed by atoms with van der Waals surface area (Å²) in [7, 11) is 0. The first-order chi connectivity index (χ1) is 14.4. The Morgan fingerprint density at radius 1 is 1.00 bits per heavy atom. The van der Waals surface area contributed by atoms with Crippen LogP contribution >= 0.6 is 11.3 Å². The molecule has 3 aromatic rings. The average Bonchev–Trinajstić information content (AvgIpc) is 3.17. The van der Waals surface area contributed by atoms with Crippen molar-refractivity contribution in [2.24, 2.45) is 0 Å². The Morgan fingerprint density at radius 3 is 2.06 bits per heavy atom. The predicted molar refractivity (Wildman–Crippen MR) is 116 cm³/mol. The number of thiophene rings is 1. The van der Waals surface area contributed by atoms with Gasteiger partial charge in [-0.25, -0.2) is 4.79 Å². The Bertz CT molecular complexity index is 1070. The maximum atomic E-state index is 12.8. The molecule has 1 N–H and O–H groups in total. The van der Waals surface area contributed by atoms with Gasteiger partial charge in [-0.05, 0) is 72.5 Å². The molecule has 3 nitrogen and oxygen atoms in total. The van der Waals surface area contributed by atoms with Gasteiger partial charge in [0.2, 0.25) is 0 Å². The van der Waals surface area contributed by atoms with Crippen LogP contribution in [0.2, 0.25) is 0 Å². The van der Waals surface area contributed by atoms with Crippen LogP contribution in [0.5, 0.6) is 5.75 Å². The molecule has 1 aromatic heterocycles. The van der Waals surface area contributed by atoms with Gasteiger partial charge in [-0.15, -0.1) is 11.3 Å². The maximum absolute atomic E-state index is 12.8. The van der Waals surface area contributed by atoms with Gasteiger partial charge in [0.15, 0.2) is 0 Å². The van der Waals surface area contributed by atoms with E-state index < -0.39 is 17.7 Å². The average molecular weight is 449 g/mol. The Kier molecular flexibility index (Phi) is 6.18. The van der Waals surface area contributed by atoms with Crippen molar-refractivity contribution in [1.82, 2.24) is 0 Å². The fourth-order valence-corrected chi connectivity index (χ4v) is 4.37. The summed E-state index contributed by atoms with van der Waals surface area (Å²) in [5.74, 6) is -0.285. The van der Waals surface area contributed by atoms with E-state index in [-0.39, 0.29) is 10.3 Å². The van der Waals surface area contributed by atoms with Gasteiger partial charge in [0.1, 0.15) is 10.6 Å². The quantitative estimate of drug-likeness (QED) is 0.437. The highest BCUT2D eigenvalue weighted by molar-refractivity contribution is 7.14. The molecule has 31 heavy (non-hydrogen) atoms. The molecule has 7 heteroatoms. The monoisotopic (exact) mass is 448 g/mol. The van der Waals surface area contributed by atoms with E-state index in [0.29, 0.717) is 12.4 Å². The van der Waals surface area contributed by atoms with Crippen LogP contribution in [0.3, 0.4) is 0 Å². The zero-order valence-electron chi connectivity index (χ0n) is 17.6. The van der Waals surface area contributed by atoms with Crippen LogP contribution in [0.15, 0.2) is 48.5 Å². The number of benzene rings is 2. The van der Waals surface area contributed by atoms with Crippen LogP contribution in [-0.2, 0) is 11.6 Å². The molecular weight excluding hydrogens is 425 g/mol. The lowest BCUT2D eigenvalue weighted by atomic mass is 9.92. The van der Waals surface area contributed by atoms with Gasteiger partial charge in [-0.2, -0.15) is 13.2 Å². The van der Waals surface area contributed by atoms with Crippen LogP contribution < -0.4 is 4.74 Å². The number of hydrogen-bond donors (Lipinski definition) is 1. The smallest absolute Gasteiger partial charge is 0.416 e. The number of carboxylic acids is 1. The van der Waals surface area contributed by atoms with Crippen molar-refractivity contribution >= 4 is 17.3 Å². The summed E-state index contributed by atoms with van der Waals surface area (Å²) < 4.78 is 44.5. The summed E-state index contributed by atoms with van der Waals surface area (Å²) in [6.07, 6.45) is -4.36. The van der Waals surface area contributed by atoms with E-state index >= 15 is 0 Å². The topological polar surface area (TPSA) is 46.5 Å². The van der Waals surface area contributed by atoms with Gasteiger partial charge in [-0.1, -0.05) is 26.0 Å². The molecule has 0 fully saturated rings. The maximum Gasteiger partial charge on any atom is 0.416 e. The summed E-state index contributed by atoms with van der Waals surface area (Å²) in [6, 6.07) is 12.3. The Balaban J connectivity index is 1.79. The first-order valence-corrected chi connectivity index (χ1v) is 10.5. The minimum Gasteiger partial charge on any atom is -0.493 e. The van der Waals surface area contributed by atoms with Crippen molar-refractivity contribution in [2.75, 3.05) is 6.61 Å². The third-order valence-corrected chi connectivity index (χ3v) is 6.53. The van der Waals surface area contributed by atoms with E-state index in [4.69, 9.17) is 9.84 Å². The number of carbonyl (C=O) groups is 1. The van der Waals surface area contributed by atoms with Crippen LogP contribution in [-0.4, -0.2) is 17.7 Å². The third-order valence-electron chi connectivity index (χ3n) is 5.09. The van der Waals surface area contributed by atoms with E-state index in [1.165, 1.54) is 23.5 Å². The van der Waals surface area contributed by atoms with Crippen molar-refractivity contribution < 1.29 is 27.8 Å². The molecule has 0 aliphatic rings. The number of aromatic carboxylic acids is 1. The molecule has 0 atom stereocenters. The minimum absolute atomic E-state index is 0.288. The predicted octanol–water partition coefficient (Wildman–Crippen LogP) is 7.11.